The second-order valence-electron chi connectivity index (χ2n) is 5.04. The van der Waals surface area contributed by atoms with E-state index in [1.807, 2.05) is 0 Å². The van der Waals surface area contributed by atoms with Crippen LogP contribution in [0, 0.1) is 17.7 Å². The zero-order chi connectivity index (χ0) is 18.1. The minimum Gasteiger partial charge on any atom is -0.308 e. The Bertz CT molecular complexity index is 914. The first kappa shape index (κ1) is 21.4. The summed E-state index contributed by atoms with van der Waals surface area (Å²) in [6.07, 6.45) is 1.82. The zero-order valence-electron chi connectivity index (χ0n) is 13.6. The molecule has 6 nitrogen and oxygen atoms in total. The molecule has 2 rings (SSSR count). The van der Waals surface area contributed by atoms with Crippen molar-refractivity contribution in [3.8, 4) is 11.1 Å². The van der Waals surface area contributed by atoms with Gasteiger partial charge in [-0.3, -0.25) is 4.72 Å². The minimum atomic E-state index is -3.59. The first-order valence-electron chi connectivity index (χ1n) is 6.42. The van der Waals surface area contributed by atoms with Gasteiger partial charge in [0.1, 0.15) is 5.82 Å². The Balaban J connectivity index is 0.00000312. The molecule has 0 aliphatic heterocycles. The SMILES string of the molecule is CS(=O)(=O)Nc1[c-]c(F)c(-c2ccc(NS(C)(=O)=O)cc2F)cc1.[Li+]. The van der Waals surface area contributed by atoms with Gasteiger partial charge in [0.25, 0.3) is 0 Å². The van der Waals surface area contributed by atoms with Crippen molar-refractivity contribution in [1.82, 2.24) is 0 Å². The number of nitrogens with one attached hydrogen (secondary N) is 2. The molecule has 0 radical (unpaired) electrons. The van der Waals surface area contributed by atoms with Crippen molar-refractivity contribution < 1.29 is 44.5 Å². The molecule has 0 heterocycles. The molecule has 2 aromatic carbocycles. The van der Waals surface area contributed by atoms with Crippen molar-refractivity contribution >= 4 is 31.4 Å². The Hall–Kier alpha value is -1.60. The maximum absolute atomic E-state index is 14.1. The van der Waals surface area contributed by atoms with E-state index in [9.17, 15) is 25.6 Å². The normalized spacial score (nSPS) is 11.5. The molecule has 0 aromatic heterocycles. The van der Waals surface area contributed by atoms with Gasteiger partial charge in [-0.25, -0.2) is 25.6 Å². The van der Waals surface area contributed by atoms with Gasteiger partial charge in [-0.15, -0.1) is 12.1 Å². The van der Waals surface area contributed by atoms with Gasteiger partial charge in [0.05, 0.1) is 18.2 Å². The molecule has 0 aliphatic carbocycles. The Morgan fingerprint density at radius 3 is 1.92 bits per heavy atom. The van der Waals surface area contributed by atoms with E-state index >= 15 is 0 Å². The van der Waals surface area contributed by atoms with Crippen LogP contribution in [0.1, 0.15) is 0 Å². The van der Waals surface area contributed by atoms with Gasteiger partial charge in [-0.2, -0.15) is 6.07 Å². The van der Waals surface area contributed by atoms with Gasteiger partial charge in [-0.05, 0) is 17.7 Å². The number of halogens is 2. The molecule has 2 aromatic rings. The van der Waals surface area contributed by atoms with Crippen LogP contribution < -0.4 is 28.3 Å². The summed E-state index contributed by atoms with van der Waals surface area (Å²) in [6.45, 7) is 0. The molecule has 0 saturated heterocycles. The molecular weight excluding hydrogens is 369 g/mol. The van der Waals surface area contributed by atoms with Crippen molar-refractivity contribution in [2.45, 2.75) is 0 Å². The molecule has 0 spiro atoms. The maximum Gasteiger partial charge on any atom is 1.00 e. The number of hydrogen-bond acceptors (Lipinski definition) is 4. The molecule has 0 bridgehead atoms. The predicted molar refractivity (Wildman–Crippen MR) is 87.6 cm³/mol. The van der Waals surface area contributed by atoms with E-state index < -0.39 is 31.7 Å². The summed E-state index contributed by atoms with van der Waals surface area (Å²) in [4.78, 5) is 0. The fourth-order valence-corrected chi connectivity index (χ4v) is 3.02. The van der Waals surface area contributed by atoms with Crippen LogP contribution in [0.3, 0.4) is 0 Å². The van der Waals surface area contributed by atoms with Crippen LogP contribution >= 0.6 is 0 Å². The summed E-state index contributed by atoms with van der Waals surface area (Å²) in [5.41, 5.74) is -0.376. The summed E-state index contributed by atoms with van der Waals surface area (Å²) in [6, 6.07) is 8.01. The Kier molecular flexibility index (Phi) is 6.64. The third kappa shape index (κ3) is 6.32. The second-order valence-corrected chi connectivity index (χ2v) is 8.54. The second kappa shape index (κ2) is 7.74. The van der Waals surface area contributed by atoms with Gasteiger partial charge < -0.3 is 4.72 Å². The van der Waals surface area contributed by atoms with Crippen LogP contribution in [0.2, 0.25) is 0 Å². The molecular formula is C14H13F2LiN2O4S2. The predicted octanol–water partition coefficient (Wildman–Crippen LogP) is -0.821. The summed E-state index contributed by atoms with van der Waals surface area (Å²) in [5.74, 6) is -1.80. The van der Waals surface area contributed by atoms with E-state index in [0.717, 1.165) is 18.6 Å². The average Bonchev–Trinajstić information content (AvgIpc) is 2.36. The topological polar surface area (TPSA) is 92.3 Å². The maximum atomic E-state index is 14.1. The fourth-order valence-electron chi connectivity index (χ4n) is 1.95. The minimum absolute atomic E-state index is 0. The standard InChI is InChI=1S/C14H13F2N2O4S2.Li/c1-23(19,20)17-9-3-5-11(13(15)7-9)12-6-4-10(8-14(12)16)18-24(2,21)22;/h3-7,17-18H,1-2H3;/q-1;+1. The summed E-state index contributed by atoms with van der Waals surface area (Å²) in [5, 5.41) is 0. The third-order valence-corrected chi connectivity index (χ3v) is 3.95. The van der Waals surface area contributed by atoms with E-state index in [1.54, 1.807) is 0 Å². The van der Waals surface area contributed by atoms with Crippen LogP contribution in [0.5, 0.6) is 0 Å². The summed E-state index contributed by atoms with van der Waals surface area (Å²) >= 11 is 0. The van der Waals surface area contributed by atoms with Crippen molar-refractivity contribution in [3.05, 3.63) is 48.0 Å². The summed E-state index contributed by atoms with van der Waals surface area (Å²) in [7, 11) is -7.15. The number of sulfonamides is 2. The first-order chi connectivity index (χ1) is 10.9. The smallest absolute Gasteiger partial charge is 0.308 e. The van der Waals surface area contributed by atoms with Gasteiger partial charge in [0, 0.05) is 5.82 Å². The molecule has 0 unspecified atom stereocenters. The molecule has 11 heteroatoms. The molecule has 0 atom stereocenters. The molecule has 2 N–H and O–H groups in total. The van der Waals surface area contributed by atoms with Gasteiger partial charge in [0.2, 0.25) is 20.0 Å². The number of benzene rings is 2. The van der Waals surface area contributed by atoms with Crippen LogP contribution in [0.15, 0.2) is 30.3 Å². The fraction of sp³-hybridized carbons (Fsp3) is 0.143. The zero-order valence-corrected chi connectivity index (χ0v) is 15.2. The van der Waals surface area contributed by atoms with E-state index in [1.165, 1.54) is 24.3 Å². The molecule has 0 fully saturated rings. The Morgan fingerprint density at radius 2 is 1.44 bits per heavy atom. The molecule has 130 valence electrons. The Morgan fingerprint density at radius 1 is 0.880 bits per heavy atom. The number of hydrogen-bond donors (Lipinski definition) is 2. The van der Waals surface area contributed by atoms with Crippen LogP contribution in [0.25, 0.3) is 11.1 Å². The van der Waals surface area contributed by atoms with Crippen LogP contribution in [-0.2, 0) is 20.0 Å². The molecule has 0 amide bonds. The van der Waals surface area contributed by atoms with Gasteiger partial charge in [0.15, 0.2) is 0 Å². The average molecular weight is 382 g/mol. The molecule has 0 saturated carbocycles. The monoisotopic (exact) mass is 382 g/mol. The molecule has 0 aliphatic rings. The van der Waals surface area contributed by atoms with Gasteiger partial charge in [-0.1, -0.05) is 17.3 Å². The molecule has 25 heavy (non-hydrogen) atoms. The quantitative estimate of drug-likeness (QED) is 0.522. The van der Waals surface area contributed by atoms with Gasteiger partial charge >= 0.3 is 18.9 Å². The van der Waals surface area contributed by atoms with E-state index in [2.05, 4.69) is 15.5 Å². The van der Waals surface area contributed by atoms with E-state index in [0.29, 0.717) is 0 Å². The number of rotatable bonds is 5. The first-order valence-corrected chi connectivity index (χ1v) is 10.2. The number of anilines is 2. The van der Waals surface area contributed by atoms with Crippen molar-refractivity contribution in [1.29, 1.82) is 0 Å². The summed E-state index contributed by atoms with van der Waals surface area (Å²) < 4.78 is 76.8. The van der Waals surface area contributed by atoms with Crippen molar-refractivity contribution in [3.63, 3.8) is 0 Å². The van der Waals surface area contributed by atoms with Crippen LogP contribution in [-0.4, -0.2) is 29.3 Å². The Labute approximate surface area is 156 Å². The van der Waals surface area contributed by atoms with E-state index in [4.69, 9.17) is 0 Å². The van der Waals surface area contributed by atoms with Crippen molar-refractivity contribution in [2.75, 3.05) is 22.0 Å². The van der Waals surface area contributed by atoms with Crippen LogP contribution in [0.4, 0.5) is 20.2 Å². The van der Waals surface area contributed by atoms with Crippen molar-refractivity contribution in [2.24, 2.45) is 0 Å². The third-order valence-electron chi connectivity index (χ3n) is 2.76. The van der Waals surface area contributed by atoms with E-state index in [-0.39, 0.29) is 41.4 Å². The largest absolute Gasteiger partial charge is 1.00 e.